The van der Waals surface area contributed by atoms with Gasteiger partial charge in [-0.25, -0.2) is 0 Å². The minimum Gasteiger partial charge on any atom is -0.0792 e. The smallest absolute Gasteiger partial charge is 0.0591 e. The van der Waals surface area contributed by atoms with Crippen molar-refractivity contribution in [1.29, 1.82) is 0 Å². The van der Waals surface area contributed by atoms with E-state index in [1.807, 2.05) is 0 Å². The molecule has 0 saturated carbocycles. The summed E-state index contributed by atoms with van der Waals surface area (Å²) in [5.41, 5.74) is 2.71. The number of rotatable bonds is 4. The average Bonchev–Trinajstić information content (AvgIpc) is 3.16. The highest BCUT2D eigenvalue weighted by atomic mass is 79.9. The SMILES string of the molecule is BrC1C=CC(P(c2ccccc2)c2ccccc2)=C1c1cccc2ccccc12. The third kappa shape index (κ3) is 3.50. The molecule has 1 atom stereocenters. The first-order valence-corrected chi connectivity index (χ1v) is 12.0. The van der Waals surface area contributed by atoms with Gasteiger partial charge in [0.1, 0.15) is 0 Å². The molecule has 1 aliphatic rings. The maximum atomic E-state index is 3.95. The summed E-state index contributed by atoms with van der Waals surface area (Å²) in [6, 6.07) is 37.2. The predicted molar refractivity (Wildman–Crippen MR) is 132 cm³/mol. The quantitative estimate of drug-likeness (QED) is 0.229. The van der Waals surface area contributed by atoms with Gasteiger partial charge in [-0.15, -0.1) is 0 Å². The molecule has 0 amide bonds. The zero-order valence-corrected chi connectivity index (χ0v) is 18.4. The van der Waals surface area contributed by atoms with Crippen LogP contribution in [0.1, 0.15) is 5.56 Å². The van der Waals surface area contributed by atoms with Crippen LogP contribution in [-0.4, -0.2) is 4.83 Å². The second kappa shape index (κ2) is 8.11. The van der Waals surface area contributed by atoms with Gasteiger partial charge < -0.3 is 0 Å². The first kappa shape index (κ1) is 18.6. The lowest BCUT2D eigenvalue weighted by atomic mass is 9.97. The van der Waals surface area contributed by atoms with Gasteiger partial charge in [-0.2, -0.15) is 0 Å². The van der Waals surface area contributed by atoms with E-state index in [2.05, 4.69) is 131 Å². The van der Waals surface area contributed by atoms with E-state index in [1.165, 1.54) is 37.8 Å². The molecule has 0 saturated heterocycles. The lowest BCUT2D eigenvalue weighted by Crippen LogP contribution is -2.13. The molecule has 0 fully saturated rings. The fourth-order valence-electron chi connectivity index (χ4n) is 4.03. The van der Waals surface area contributed by atoms with E-state index >= 15 is 0 Å². The minimum absolute atomic E-state index is 0.223. The average molecular weight is 455 g/mol. The second-order valence-electron chi connectivity index (χ2n) is 7.09. The number of alkyl halides is 1. The van der Waals surface area contributed by atoms with E-state index in [-0.39, 0.29) is 4.83 Å². The molecule has 0 aliphatic heterocycles. The molecule has 4 aromatic carbocycles. The summed E-state index contributed by atoms with van der Waals surface area (Å²) in [7, 11) is -0.634. The summed E-state index contributed by atoms with van der Waals surface area (Å²) >= 11 is 3.95. The second-order valence-corrected chi connectivity index (χ2v) is 10.3. The highest BCUT2D eigenvalue weighted by Crippen LogP contribution is 2.52. The Hall–Kier alpha value is -2.47. The molecule has 5 rings (SSSR count). The van der Waals surface area contributed by atoms with Crippen LogP contribution >= 0.6 is 23.9 Å². The van der Waals surface area contributed by atoms with Crippen LogP contribution in [0.25, 0.3) is 16.3 Å². The number of halogens is 1. The van der Waals surface area contributed by atoms with Crippen LogP contribution in [0.4, 0.5) is 0 Å². The topological polar surface area (TPSA) is 0 Å². The zero-order chi connectivity index (χ0) is 19.6. The summed E-state index contributed by atoms with van der Waals surface area (Å²) in [4.78, 5) is 0.223. The lowest BCUT2D eigenvalue weighted by molar-refractivity contribution is 1.49. The molecule has 2 heteroatoms. The number of fused-ring (bicyclic) bond motifs is 1. The van der Waals surface area contributed by atoms with Gasteiger partial charge in [-0.05, 0) is 45.8 Å². The number of hydrogen-bond donors (Lipinski definition) is 0. The van der Waals surface area contributed by atoms with Crippen molar-refractivity contribution in [2.75, 3.05) is 0 Å². The van der Waals surface area contributed by atoms with Crippen molar-refractivity contribution in [1.82, 2.24) is 0 Å². The van der Waals surface area contributed by atoms with Crippen molar-refractivity contribution in [3.8, 4) is 0 Å². The fraction of sp³-hybridized carbons (Fsp3) is 0.0370. The molecule has 0 nitrogen and oxygen atoms in total. The Morgan fingerprint density at radius 1 is 0.621 bits per heavy atom. The van der Waals surface area contributed by atoms with E-state index in [1.54, 1.807) is 0 Å². The molecule has 4 aromatic rings. The Balaban J connectivity index is 1.78. The first-order chi connectivity index (χ1) is 14.3. The molecule has 0 aromatic heterocycles. The Morgan fingerprint density at radius 3 is 1.90 bits per heavy atom. The summed E-state index contributed by atoms with van der Waals surface area (Å²) in [6.07, 6.45) is 4.62. The van der Waals surface area contributed by atoms with Gasteiger partial charge in [-0.1, -0.05) is 131 Å². The van der Waals surface area contributed by atoms with Gasteiger partial charge in [0.25, 0.3) is 0 Å². The van der Waals surface area contributed by atoms with Crippen LogP contribution in [0.3, 0.4) is 0 Å². The molecule has 29 heavy (non-hydrogen) atoms. The van der Waals surface area contributed by atoms with E-state index < -0.39 is 7.92 Å². The minimum atomic E-state index is -0.634. The Labute approximate surface area is 181 Å². The Kier molecular flexibility index (Phi) is 5.19. The van der Waals surface area contributed by atoms with E-state index in [0.29, 0.717) is 0 Å². The summed E-state index contributed by atoms with van der Waals surface area (Å²) < 4.78 is 0. The monoisotopic (exact) mass is 454 g/mol. The van der Waals surface area contributed by atoms with Gasteiger partial charge >= 0.3 is 0 Å². The number of hydrogen-bond acceptors (Lipinski definition) is 0. The largest absolute Gasteiger partial charge is 0.0792 e. The van der Waals surface area contributed by atoms with Crippen LogP contribution in [0, 0.1) is 0 Å². The molecule has 140 valence electrons. The third-order valence-corrected chi connectivity index (χ3v) is 8.59. The van der Waals surface area contributed by atoms with Crippen molar-refractivity contribution >= 4 is 50.8 Å². The van der Waals surface area contributed by atoms with Crippen LogP contribution in [-0.2, 0) is 0 Å². The first-order valence-electron chi connectivity index (χ1n) is 9.78. The lowest BCUT2D eigenvalue weighted by Gasteiger charge is -2.23. The maximum Gasteiger partial charge on any atom is 0.0591 e. The summed E-state index contributed by atoms with van der Waals surface area (Å²) in [5.74, 6) is 0. The normalized spacial score (nSPS) is 16.1. The van der Waals surface area contributed by atoms with Gasteiger partial charge in [0.2, 0.25) is 0 Å². The number of benzene rings is 4. The molecule has 1 aliphatic carbocycles. The zero-order valence-electron chi connectivity index (χ0n) is 15.9. The van der Waals surface area contributed by atoms with Gasteiger partial charge in [0, 0.05) is 0 Å². The molecule has 0 N–H and O–H groups in total. The highest BCUT2D eigenvalue weighted by Gasteiger charge is 2.28. The molecule has 0 bridgehead atoms. The summed E-state index contributed by atoms with van der Waals surface area (Å²) in [6.45, 7) is 0. The van der Waals surface area contributed by atoms with E-state index in [0.717, 1.165) is 0 Å². The molecular weight excluding hydrogens is 435 g/mol. The maximum absolute atomic E-state index is 3.95. The van der Waals surface area contributed by atoms with Gasteiger partial charge in [0.05, 0.1) is 4.83 Å². The molecule has 1 unspecified atom stereocenters. The van der Waals surface area contributed by atoms with Gasteiger partial charge in [-0.3, -0.25) is 0 Å². The van der Waals surface area contributed by atoms with Crippen molar-refractivity contribution in [3.63, 3.8) is 0 Å². The molecular formula is C27H20BrP. The van der Waals surface area contributed by atoms with E-state index in [4.69, 9.17) is 0 Å². The van der Waals surface area contributed by atoms with Crippen molar-refractivity contribution in [3.05, 3.63) is 126 Å². The van der Waals surface area contributed by atoms with Crippen LogP contribution in [0.2, 0.25) is 0 Å². The predicted octanol–water partition coefficient (Wildman–Crippen LogP) is 7.02. The standard InChI is InChI=1S/C27H20BrP/c28-25-18-19-26(27(25)24-17-9-11-20-10-7-8-16-23(20)24)29(21-12-3-1-4-13-21)22-14-5-2-6-15-22/h1-19,25H. The van der Waals surface area contributed by atoms with Crippen molar-refractivity contribution < 1.29 is 0 Å². The number of allylic oxidation sites excluding steroid dienone is 4. The highest BCUT2D eigenvalue weighted by molar-refractivity contribution is 9.10. The molecule has 0 heterocycles. The van der Waals surface area contributed by atoms with Crippen LogP contribution < -0.4 is 10.6 Å². The van der Waals surface area contributed by atoms with E-state index in [9.17, 15) is 0 Å². The van der Waals surface area contributed by atoms with Crippen LogP contribution in [0.15, 0.2) is 121 Å². The third-order valence-electron chi connectivity index (χ3n) is 5.32. The van der Waals surface area contributed by atoms with Crippen molar-refractivity contribution in [2.24, 2.45) is 0 Å². The Morgan fingerprint density at radius 2 is 1.21 bits per heavy atom. The summed E-state index contributed by atoms with van der Waals surface area (Å²) in [5, 5.41) is 6.79. The van der Waals surface area contributed by atoms with Crippen LogP contribution in [0.5, 0.6) is 0 Å². The molecule has 0 radical (unpaired) electrons. The Bertz CT molecular complexity index is 1160. The molecule has 0 spiro atoms. The van der Waals surface area contributed by atoms with Crippen molar-refractivity contribution in [2.45, 2.75) is 4.83 Å². The van der Waals surface area contributed by atoms with Gasteiger partial charge in [0.15, 0.2) is 0 Å². The fourth-order valence-corrected chi connectivity index (χ4v) is 7.38.